The van der Waals surface area contributed by atoms with E-state index in [-0.39, 0.29) is 11.7 Å². The summed E-state index contributed by atoms with van der Waals surface area (Å²) in [6.07, 6.45) is 0. The van der Waals surface area contributed by atoms with E-state index in [0.29, 0.717) is 18.4 Å². The molecule has 1 aromatic heterocycles. The third-order valence-electron chi connectivity index (χ3n) is 5.06. The van der Waals surface area contributed by atoms with Crippen molar-refractivity contribution >= 4 is 23.4 Å². The van der Waals surface area contributed by atoms with Gasteiger partial charge in [-0.3, -0.25) is 4.79 Å². The van der Waals surface area contributed by atoms with Crippen LogP contribution in [0.5, 0.6) is 0 Å². The van der Waals surface area contributed by atoms with Crippen molar-refractivity contribution in [2.45, 2.75) is 58.2 Å². The molecule has 3 aromatic rings. The number of aromatic nitrogens is 3. The SMILES string of the molecule is Cc1nnc(SCC(=O)Nc2c(C(C)C)cccc2C(C)C)n1Cc1ccccc1. The number of benzene rings is 2. The van der Waals surface area contributed by atoms with Gasteiger partial charge in [0.1, 0.15) is 5.82 Å². The predicted molar refractivity (Wildman–Crippen MR) is 124 cm³/mol. The average molecular weight is 423 g/mol. The Morgan fingerprint density at radius 3 is 2.20 bits per heavy atom. The van der Waals surface area contributed by atoms with Crippen LogP contribution in [-0.4, -0.2) is 26.4 Å². The Kier molecular flexibility index (Phi) is 7.32. The van der Waals surface area contributed by atoms with Crippen molar-refractivity contribution in [3.8, 4) is 0 Å². The second-order valence-electron chi connectivity index (χ2n) is 8.06. The highest BCUT2D eigenvalue weighted by atomic mass is 32.2. The normalized spacial score (nSPS) is 11.3. The van der Waals surface area contributed by atoms with Crippen molar-refractivity contribution in [3.05, 3.63) is 71.0 Å². The van der Waals surface area contributed by atoms with E-state index in [4.69, 9.17) is 0 Å². The molecular weight excluding hydrogens is 392 g/mol. The van der Waals surface area contributed by atoms with Crippen molar-refractivity contribution in [1.29, 1.82) is 0 Å². The summed E-state index contributed by atoms with van der Waals surface area (Å²) in [5.74, 6) is 1.78. The number of amides is 1. The lowest BCUT2D eigenvalue weighted by molar-refractivity contribution is -0.113. The van der Waals surface area contributed by atoms with Crippen molar-refractivity contribution in [1.82, 2.24) is 14.8 Å². The van der Waals surface area contributed by atoms with Gasteiger partial charge in [-0.1, -0.05) is 88.0 Å². The van der Waals surface area contributed by atoms with Gasteiger partial charge in [-0.05, 0) is 35.4 Å². The number of carbonyl (C=O) groups is 1. The number of hydrogen-bond donors (Lipinski definition) is 1. The van der Waals surface area contributed by atoms with Gasteiger partial charge in [0, 0.05) is 5.69 Å². The van der Waals surface area contributed by atoms with E-state index in [0.717, 1.165) is 16.7 Å². The third-order valence-corrected chi connectivity index (χ3v) is 6.02. The van der Waals surface area contributed by atoms with Crippen molar-refractivity contribution in [3.63, 3.8) is 0 Å². The van der Waals surface area contributed by atoms with E-state index < -0.39 is 0 Å². The van der Waals surface area contributed by atoms with Crippen molar-refractivity contribution in [2.75, 3.05) is 11.1 Å². The summed E-state index contributed by atoms with van der Waals surface area (Å²) >= 11 is 1.42. The molecule has 0 radical (unpaired) electrons. The molecule has 0 saturated heterocycles. The van der Waals surface area contributed by atoms with E-state index in [1.165, 1.54) is 28.5 Å². The van der Waals surface area contributed by atoms with E-state index in [2.05, 4.69) is 78.1 Å². The molecule has 0 aliphatic rings. The number of carbonyl (C=O) groups excluding carboxylic acids is 1. The first-order chi connectivity index (χ1) is 14.4. The minimum absolute atomic E-state index is 0.0260. The van der Waals surface area contributed by atoms with Gasteiger partial charge in [-0.2, -0.15) is 0 Å². The Balaban J connectivity index is 1.72. The smallest absolute Gasteiger partial charge is 0.234 e. The zero-order chi connectivity index (χ0) is 21.7. The first-order valence-corrected chi connectivity index (χ1v) is 11.3. The monoisotopic (exact) mass is 422 g/mol. The molecule has 30 heavy (non-hydrogen) atoms. The molecule has 0 atom stereocenters. The number of para-hydroxylation sites is 1. The van der Waals surface area contributed by atoms with E-state index in [1.807, 2.05) is 25.1 Å². The molecule has 0 bridgehead atoms. The van der Waals surface area contributed by atoms with Gasteiger partial charge in [0.25, 0.3) is 0 Å². The van der Waals surface area contributed by atoms with Crippen LogP contribution < -0.4 is 5.32 Å². The fourth-order valence-corrected chi connectivity index (χ4v) is 4.20. The Morgan fingerprint density at radius 1 is 0.967 bits per heavy atom. The Labute approximate surface area is 183 Å². The highest BCUT2D eigenvalue weighted by Gasteiger charge is 2.17. The summed E-state index contributed by atoms with van der Waals surface area (Å²) in [7, 11) is 0. The number of nitrogens with one attached hydrogen (secondary N) is 1. The molecule has 0 fully saturated rings. The molecule has 1 heterocycles. The molecular formula is C24H30N4OS. The minimum Gasteiger partial charge on any atom is -0.325 e. The van der Waals surface area contributed by atoms with Gasteiger partial charge >= 0.3 is 0 Å². The number of thioether (sulfide) groups is 1. The van der Waals surface area contributed by atoms with Crippen molar-refractivity contribution in [2.24, 2.45) is 0 Å². The lowest BCUT2D eigenvalue weighted by Crippen LogP contribution is -2.18. The highest BCUT2D eigenvalue weighted by molar-refractivity contribution is 7.99. The fourth-order valence-electron chi connectivity index (χ4n) is 3.42. The van der Waals surface area contributed by atoms with E-state index in [1.54, 1.807) is 0 Å². The minimum atomic E-state index is -0.0260. The third kappa shape index (κ3) is 5.30. The summed E-state index contributed by atoms with van der Waals surface area (Å²) in [4.78, 5) is 12.8. The Morgan fingerprint density at radius 2 is 1.60 bits per heavy atom. The lowest BCUT2D eigenvalue weighted by atomic mass is 9.92. The molecule has 6 heteroatoms. The van der Waals surface area contributed by atoms with Gasteiger partial charge in [0.05, 0.1) is 12.3 Å². The summed E-state index contributed by atoms with van der Waals surface area (Å²) in [6.45, 7) is 11.2. The second kappa shape index (κ2) is 9.94. The fraction of sp³-hybridized carbons (Fsp3) is 0.375. The zero-order valence-electron chi connectivity index (χ0n) is 18.3. The molecule has 0 saturated carbocycles. The van der Waals surface area contributed by atoms with Crippen LogP contribution in [0.1, 0.15) is 62.0 Å². The Hall–Kier alpha value is -2.60. The predicted octanol–water partition coefficient (Wildman–Crippen LogP) is 5.61. The number of aryl methyl sites for hydroxylation is 1. The number of rotatable bonds is 8. The molecule has 5 nitrogen and oxygen atoms in total. The van der Waals surface area contributed by atoms with Crippen LogP contribution in [-0.2, 0) is 11.3 Å². The van der Waals surface area contributed by atoms with Gasteiger partial charge in [-0.25, -0.2) is 0 Å². The molecule has 0 spiro atoms. The van der Waals surface area contributed by atoms with Gasteiger partial charge in [-0.15, -0.1) is 10.2 Å². The quantitative estimate of drug-likeness (QED) is 0.479. The highest BCUT2D eigenvalue weighted by Crippen LogP contribution is 2.32. The maximum absolute atomic E-state index is 12.8. The maximum atomic E-state index is 12.8. The lowest BCUT2D eigenvalue weighted by Gasteiger charge is -2.20. The standard InChI is InChI=1S/C24H30N4OS/c1-16(2)20-12-9-13-21(17(3)4)23(20)25-22(29)15-30-24-27-26-18(5)28(24)14-19-10-7-6-8-11-19/h6-13,16-17H,14-15H2,1-5H3,(H,25,29). The van der Waals surface area contributed by atoms with Crippen LogP contribution in [0.3, 0.4) is 0 Å². The van der Waals surface area contributed by atoms with Crippen LogP contribution in [0.2, 0.25) is 0 Å². The molecule has 0 unspecified atom stereocenters. The number of nitrogens with zero attached hydrogens (tertiary/aromatic N) is 3. The molecule has 0 aliphatic carbocycles. The summed E-state index contributed by atoms with van der Waals surface area (Å²) in [5, 5.41) is 12.4. The Bertz CT molecular complexity index is 969. The molecule has 1 amide bonds. The first-order valence-electron chi connectivity index (χ1n) is 10.4. The van der Waals surface area contributed by atoms with Crippen LogP contribution in [0.15, 0.2) is 53.7 Å². The van der Waals surface area contributed by atoms with Crippen LogP contribution in [0.4, 0.5) is 5.69 Å². The molecule has 0 aliphatic heterocycles. The largest absolute Gasteiger partial charge is 0.325 e. The van der Waals surface area contributed by atoms with Gasteiger partial charge < -0.3 is 9.88 Å². The number of anilines is 1. The van der Waals surface area contributed by atoms with Gasteiger partial charge in [0.2, 0.25) is 5.91 Å². The first kappa shape index (κ1) is 22.1. The summed E-state index contributed by atoms with van der Waals surface area (Å²) < 4.78 is 2.05. The summed E-state index contributed by atoms with van der Waals surface area (Å²) in [6, 6.07) is 16.5. The molecule has 3 rings (SSSR count). The average Bonchev–Trinajstić information content (AvgIpc) is 3.06. The topological polar surface area (TPSA) is 59.8 Å². The van der Waals surface area contributed by atoms with E-state index >= 15 is 0 Å². The maximum Gasteiger partial charge on any atom is 0.234 e. The second-order valence-corrected chi connectivity index (χ2v) is 9.00. The zero-order valence-corrected chi connectivity index (χ0v) is 19.2. The summed E-state index contributed by atoms with van der Waals surface area (Å²) in [5.41, 5.74) is 4.47. The van der Waals surface area contributed by atoms with Crippen LogP contribution in [0.25, 0.3) is 0 Å². The van der Waals surface area contributed by atoms with E-state index in [9.17, 15) is 4.79 Å². The van der Waals surface area contributed by atoms with Crippen LogP contribution >= 0.6 is 11.8 Å². The van der Waals surface area contributed by atoms with Crippen molar-refractivity contribution < 1.29 is 4.79 Å². The molecule has 1 N–H and O–H groups in total. The van der Waals surface area contributed by atoms with Crippen LogP contribution in [0, 0.1) is 6.92 Å². The van der Waals surface area contributed by atoms with Gasteiger partial charge in [0.15, 0.2) is 5.16 Å². The number of hydrogen-bond acceptors (Lipinski definition) is 4. The molecule has 2 aromatic carbocycles. The molecule has 158 valence electrons.